The molecule has 1 atom stereocenters. The van der Waals surface area contributed by atoms with Crippen LogP contribution in [-0.4, -0.2) is 25.2 Å². The first-order valence-electron chi connectivity index (χ1n) is 6.34. The lowest BCUT2D eigenvalue weighted by Gasteiger charge is -2.11. The number of esters is 2. The van der Waals surface area contributed by atoms with Crippen molar-refractivity contribution in [3.63, 3.8) is 0 Å². The van der Waals surface area contributed by atoms with E-state index in [1.807, 2.05) is 0 Å². The second-order valence-electron chi connectivity index (χ2n) is 4.24. The summed E-state index contributed by atoms with van der Waals surface area (Å²) in [5, 5.41) is 0.428. The lowest BCUT2D eigenvalue weighted by Crippen LogP contribution is -2.17. The number of anilines is 1. The fourth-order valence-corrected chi connectivity index (χ4v) is 3.51. The summed E-state index contributed by atoms with van der Waals surface area (Å²) in [5.74, 6) is -1.12. The van der Waals surface area contributed by atoms with E-state index >= 15 is 0 Å². The van der Waals surface area contributed by atoms with Crippen molar-refractivity contribution in [3.05, 3.63) is 16.0 Å². The summed E-state index contributed by atoms with van der Waals surface area (Å²) in [6.07, 6.45) is 1.43. The van der Waals surface area contributed by atoms with E-state index in [1.165, 1.54) is 11.3 Å². The van der Waals surface area contributed by atoms with Crippen LogP contribution in [0.1, 0.15) is 47.0 Å². The van der Waals surface area contributed by atoms with Crippen LogP contribution in [0, 0.1) is 0 Å². The number of carbonyl (C=O) groups excluding carboxylic acids is 2. The molecule has 0 spiro atoms. The highest BCUT2D eigenvalue weighted by Gasteiger charge is 2.37. The van der Waals surface area contributed by atoms with Crippen LogP contribution in [-0.2, 0) is 20.7 Å². The normalized spacial score (nSPS) is 17.1. The van der Waals surface area contributed by atoms with Crippen LogP contribution in [0.2, 0.25) is 0 Å². The molecule has 0 saturated heterocycles. The van der Waals surface area contributed by atoms with Crippen molar-refractivity contribution < 1.29 is 19.1 Å². The predicted octanol–water partition coefficient (Wildman–Crippen LogP) is 2.10. The molecule has 5 nitrogen and oxygen atoms in total. The van der Waals surface area contributed by atoms with Gasteiger partial charge in [0.05, 0.1) is 24.7 Å². The average Bonchev–Trinajstić information content (AvgIpc) is 2.86. The third-order valence-electron chi connectivity index (χ3n) is 3.11. The molecule has 1 aliphatic carbocycles. The lowest BCUT2D eigenvalue weighted by molar-refractivity contribution is -0.144. The Morgan fingerprint density at radius 3 is 2.63 bits per heavy atom. The third kappa shape index (κ3) is 2.45. The Bertz CT molecular complexity index is 509. The minimum absolute atomic E-state index is 0.285. The summed E-state index contributed by atoms with van der Waals surface area (Å²) in [6.45, 7) is 4.12. The number of nitrogen functional groups attached to an aromatic ring is 1. The molecule has 0 bridgehead atoms. The zero-order valence-electron chi connectivity index (χ0n) is 11.0. The largest absolute Gasteiger partial charge is 0.466 e. The van der Waals surface area contributed by atoms with E-state index in [1.54, 1.807) is 13.8 Å². The lowest BCUT2D eigenvalue weighted by atomic mass is 9.99. The summed E-state index contributed by atoms with van der Waals surface area (Å²) < 4.78 is 10.1. The highest BCUT2D eigenvalue weighted by Crippen LogP contribution is 2.44. The van der Waals surface area contributed by atoms with Gasteiger partial charge < -0.3 is 15.2 Å². The minimum Gasteiger partial charge on any atom is -0.466 e. The molecule has 0 radical (unpaired) electrons. The molecule has 0 amide bonds. The molecule has 1 heterocycles. The molecule has 0 aliphatic heterocycles. The minimum atomic E-state index is -0.450. The zero-order chi connectivity index (χ0) is 14.0. The second kappa shape index (κ2) is 5.61. The van der Waals surface area contributed by atoms with Crippen molar-refractivity contribution in [3.8, 4) is 0 Å². The van der Waals surface area contributed by atoms with Gasteiger partial charge in [-0.15, -0.1) is 11.3 Å². The maximum atomic E-state index is 12.0. The second-order valence-corrected chi connectivity index (χ2v) is 5.38. The van der Waals surface area contributed by atoms with Crippen LogP contribution in [0.25, 0.3) is 0 Å². The Kier molecular flexibility index (Phi) is 4.09. The molecule has 1 aliphatic rings. The number of hydrogen-bond donors (Lipinski definition) is 1. The van der Waals surface area contributed by atoms with Gasteiger partial charge in [0.2, 0.25) is 0 Å². The molecule has 19 heavy (non-hydrogen) atoms. The first kappa shape index (κ1) is 13.9. The monoisotopic (exact) mass is 283 g/mol. The number of carbonyl (C=O) groups is 2. The van der Waals surface area contributed by atoms with Gasteiger partial charge in [0.25, 0.3) is 0 Å². The number of ether oxygens (including phenoxy) is 2. The number of rotatable bonds is 4. The predicted molar refractivity (Wildman–Crippen MR) is 72.4 cm³/mol. The van der Waals surface area contributed by atoms with Gasteiger partial charge in [-0.3, -0.25) is 4.79 Å². The maximum Gasteiger partial charge on any atom is 0.341 e. The Labute approximate surface area is 115 Å². The maximum absolute atomic E-state index is 12.0. The van der Waals surface area contributed by atoms with E-state index < -0.39 is 5.97 Å². The number of nitrogens with two attached hydrogens (primary N) is 1. The summed E-state index contributed by atoms with van der Waals surface area (Å²) in [7, 11) is 0. The molecule has 0 saturated carbocycles. The Morgan fingerprint density at radius 2 is 2.00 bits per heavy atom. The smallest absolute Gasteiger partial charge is 0.341 e. The van der Waals surface area contributed by atoms with Crippen molar-refractivity contribution in [2.45, 2.75) is 32.6 Å². The fraction of sp³-hybridized carbons (Fsp3) is 0.538. The van der Waals surface area contributed by atoms with Crippen LogP contribution >= 0.6 is 11.3 Å². The van der Waals surface area contributed by atoms with E-state index in [0.717, 1.165) is 16.9 Å². The fourth-order valence-electron chi connectivity index (χ4n) is 2.38. The van der Waals surface area contributed by atoms with Crippen molar-refractivity contribution in [2.24, 2.45) is 0 Å². The molecule has 0 aromatic carbocycles. The molecule has 2 N–H and O–H groups in total. The number of hydrogen-bond acceptors (Lipinski definition) is 6. The molecule has 104 valence electrons. The highest BCUT2D eigenvalue weighted by molar-refractivity contribution is 7.16. The topological polar surface area (TPSA) is 78.6 Å². The first-order chi connectivity index (χ1) is 9.10. The number of fused-ring (bicyclic) bond motifs is 1. The third-order valence-corrected chi connectivity index (χ3v) is 4.20. The van der Waals surface area contributed by atoms with Crippen molar-refractivity contribution in [1.82, 2.24) is 0 Å². The molecule has 1 aromatic rings. The zero-order valence-corrected chi connectivity index (χ0v) is 11.8. The van der Waals surface area contributed by atoms with Crippen LogP contribution in [0.3, 0.4) is 0 Å². The SMILES string of the molecule is CCOC(=O)c1c(N)sc2c1[C@@H](C(=O)OCC)CC2. The molecule has 1 aromatic heterocycles. The Balaban J connectivity index is 2.37. The summed E-state index contributed by atoms with van der Waals surface area (Å²) >= 11 is 1.37. The van der Waals surface area contributed by atoms with Gasteiger partial charge in [0.1, 0.15) is 5.00 Å². The Hall–Kier alpha value is -1.56. The van der Waals surface area contributed by atoms with Crippen molar-refractivity contribution >= 4 is 28.3 Å². The van der Waals surface area contributed by atoms with Gasteiger partial charge in [-0.1, -0.05) is 0 Å². The molecular weight excluding hydrogens is 266 g/mol. The van der Waals surface area contributed by atoms with Gasteiger partial charge >= 0.3 is 11.9 Å². The molecular formula is C13H17NO4S. The van der Waals surface area contributed by atoms with Crippen LogP contribution in [0.15, 0.2) is 0 Å². The molecule has 6 heteroatoms. The standard InChI is InChI=1S/C13H17NO4S/c1-3-17-12(15)7-5-6-8-9(7)10(11(14)19-8)13(16)18-4-2/h7H,3-6,14H2,1-2H3/t7-/m0/s1. The van der Waals surface area contributed by atoms with Gasteiger partial charge in [-0.25, -0.2) is 4.79 Å². The van der Waals surface area contributed by atoms with Crippen LogP contribution in [0.4, 0.5) is 5.00 Å². The summed E-state index contributed by atoms with van der Waals surface area (Å²) in [6, 6.07) is 0. The number of thiophene rings is 1. The average molecular weight is 283 g/mol. The highest BCUT2D eigenvalue weighted by atomic mass is 32.1. The van der Waals surface area contributed by atoms with Gasteiger partial charge in [-0.05, 0) is 32.3 Å². The van der Waals surface area contributed by atoms with Crippen molar-refractivity contribution in [1.29, 1.82) is 0 Å². The summed E-state index contributed by atoms with van der Waals surface area (Å²) in [4.78, 5) is 24.9. The van der Waals surface area contributed by atoms with E-state index in [4.69, 9.17) is 15.2 Å². The van der Waals surface area contributed by atoms with Crippen LogP contribution < -0.4 is 5.73 Å². The summed E-state index contributed by atoms with van der Waals surface area (Å²) in [5.41, 5.74) is 6.97. The Morgan fingerprint density at radius 1 is 1.32 bits per heavy atom. The quantitative estimate of drug-likeness (QED) is 0.856. The van der Waals surface area contributed by atoms with E-state index in [2.05, 4.69) is 0 Å². The van der Waals surface area contributed by atoms with E-state index in [0.29, 0.717) is 23.6 Å². The molecule has 2 rings (SSSR count). The van der Waals surface area contributed by atoms with E-state index in [9.17, 15) is 9.59 Å². The van der Waals surface area contributed by atoms with Gasteiger partial charge in [0.15, 0.2) is 0 Å². The number of aryl methyl sites for hydroxylation is 1. The van der Waals surface area contributed by atoms with Gasteiger partial charge in [-0.2, -0.15) is 0 Å². The first-order valence-corrected chi connectivity index (χ1v) is 7.16. The molecule has 0 unspecified atom stereocenters. The van der Waals surface area contributed by atoms with Gasteiger partial charge in [0, 0.05) is 4.88 Å². The van der Waals surface area contributed by atoms with E-state index in [-0.39, 0.29) is 18.5 Å². The van der Waals surface area contributed by atoms with Crippen LogP contribution in [0.5, 0.6) is 0 Å². The molecule has 0 fully saturated rings. The van der Waals surface area contributed by atoms with Crippen molar-refractivity contribution in [2.75, 3.05) is 18.9 Å².